The summed E-state index contributed by atoms with van der Waals surface area (Å²) >= 11 is 0. The molecule has 0 saturated heterocycles. The Hall–Kier alpha value is -1.24. The molecule has 3 N–H and O–H groups in total. The molecule has 0 radical (unpaired) electrons. The second-order valence-electron chi connectivity index (χ2n) is 5.78. The topological polar surface area (TPSA) is 76.9 Å². The molecule has 0 aromatic rings. The van der Waals surface area contributed by atoms with Crippen LogP contribution in [0.2, 0.25) is 0 Å². The van der Waals surface area contributed by atoms with Crippen LogP contribution >= 0.6 is 0 Å². The molecule has 0 aromatic heterocycles. The van der Waals surface area contributed by atoms with Gasteiger partial charge < -0.3 is 5.73 Å². The van der Waals surface area contributed by atoms with E-state index in [0.29, 0.717) is 11.8 Å². The van der Waals surface area contributed by atoms with Crippen LogP contribution in [-0.2, 0) is 0 Å². The van der Waals surface area contributed by atoms with Crippen molar-refractivity contribution in [3.8, 4) is 6.19 Å². The molecule has 0 aromatic carbocycles. The van der Waals surface area contributed by atoms with Gasteiger partial charge in [-0.05, 0) is 55.8 Å². The molecule has 4 rings (SSSR count). The number of nitriles is 1. The Balaban J connectivity index is 1.86. The van der Waals surface area contributed by atoms with Crippen LogP contribution in [0.4, 0.5) is 0 Å². The summed E-state index contributed by atoms with van der Waals surface area (Å²) in [5.41, 5.74) is 5.51. The summed E-state index contributed by atoms with van der Waals surface area (Å²) < 4.78 is 0. The Kier molecular flexibility index (Phi) is 2.10. The van der Waals surface area contributed by atoms with Crippen molar-refractivity contribution < 1.29 is 0 Å². The Bertz CT molecular complexity index is 329. The van der Waals surface area contributed by atoms with Gasteiger partial charge in [-0.1, -0.05) is 0 Å². The molecule has 0 heterocycles. The molecule has 0 aliphatic heterocycles. The molecule has 4 fully saturated rings. The first kappa shape index (κ1) is 9.95. The fourth-order valence-electron chi connectivity index (χ4n) is 4.60. The molecule has 0 amide bonds. The smallest absolute Gasteiger partial charge is 0.202 e. The second kappa shape index (κ2) is 3.38. The summed E-state index contributed by atoms with van der Waals surface area (Å²) in [6, 6.07) is 0.232. The first-order valence-corrected chi connectivity index (χ1v) is 6.22. The van der Waals surface area contributed by atoms with Crippen LogP contribution in [-0.4, -0.2) is 16.9 Å². The fraction of sp³-hybridized carbons (Fsp3) is 0.833. The van der Waals surface area contributed by atoms with Gasteiger partial charge in [-0.3, -0.25) is 5.41 Å². The monoisotopic (exact) mass is 218 g/mol. The Morgan fingerprint density at radius 2 is 1.62 bits per heavy atom. The van der Waals surface area contributed by atoms with Gasteiger partial charge in [-0.25, -0.2) is 4.90 Å². The molecule has 0 unspecified atom stereocenters. The van der Waals surface area contributed by atoms with Gasteiger partial charge >= 0.3 is 0 Å². The van der Waals surface area contributed by atoms with Crippen molar-refractivity contribution in [2.75, 3.05) is 0 Å². The van der Waals surface area contributed by atoms with Crippen LogP contribution in [0.5, 0.6) is 0 Å². The van der Waals surface area contributed by atoms with Crippen molar-refractivity contribution in [1.82, 2.24) is 4.90 Å². The van der Waals surface area contributed by atoms with E-state index in [-0.39, 0.29) is 12.0 Å². The molecule has 4 heteroatoms. The highest BCUT2D eigenvalue weighted by molar-refractivity contribution is 5.76. The first-order chi connectivity index (χ1) is 7.69. The normalized spacial score (nSPS) is 44.1. The lowest BCUT2D eigenvalue weighted by Gasteiger charge is -2.55. The van der Waals surface area contributed by atoms with Gasteiger partial charge in [0.05, 0.1) is 6.04 Å². The van der Waals surface area contributed by atoms with Gasteiger partial charge in [0, 0.05) is 0 Å². The average molecular weight is 218 g/mol. The van der Waals surface area contributed by atoms with E-state index < -0.39 is 0 Å². The summed E-state index contributed by atoms with van der Waals surface area (Å²) in [6.45, 7) is 0. The molecular formula is C12H18N4. The number of nitrogens with two attached hydrogens (primary N) is 1. The molecule has 86 valence electrons. The van der Waals surface area contributed by atoms with Crippen LogP contribution < -0.4 is 5.73 Å². The SMILES string of the molecule is N#CN(C(=N)N)C1C2CC3CC(C2)CC1C3. The quantitative estimate of drug-likeness (QED) is 0.303. The summed E-state index contributed by atoms with van der Waals surface area (Å²) in [7, 11) is 0. The van der Waals surface area contributed by atoms with Gasteiger partial charge in [0.1, 0.15) is 0 Å². The first-order valence-electron chi connectivity index (χ1n) is 6.22. The number of guanidine groups is 1. The molecule has 0 spiro atoms. The largest absolute Gasteiger partial charge is 0.369 e. The molecule has 4 nitrogen and oxygen atoms in total. The minimum atomic E-state index is -0.0695. The van der Waals surface area contributed by atoms with Crippen molar-refractivity contribution in [3.63, 3.8) is 0 Å². The van der Waals surface area contributed by atoms with Gasteiger partial charge in [0.2, 0.25) is 5.96 Å². The summed E-state index contributed by atoms with van der Waals surface area (Å²) in [5, 5.41) is 16.6. The number of nitrogens with zero attached hydrogens (tertiary/aromatic N) is 2. The van der Waals surface area contributed by atoms with Crippen LogP contribution in [0.25, 0.3) is 0 Å². The van der Waals surface area contributed by atoms with E-state index in [0.717, 1.165) is 11.8 Å². The van der Waals surface area contributed by atoms with Gasteiger partial charge in [0.15, 0.2) is 6.19 Å². The van der Waals surface area contributed by atoms with E-state index in [1.165, 1.54) is 37.0 Å². The highest BCUT2D eigenvalue weighted by atomic mass is 15.3. The number of hydrogen-bond donors (Lipinski definition) is 2. The van der Waals surface area contributed by atoms with Gasteiger partial charge in [0.25, 0.3) is 0 Å². The van der Waals surface area contributed by atoms with Crippen LogP contribution in [0, 0.1) is 40.5 Å². The van der Waals surface area contributed by atoms with E-state index >= 15 is 0 Å². The molecule has 4 aliphatic carbocycles. The van der Waals surface area contributed by atoms with E-state index in [9.17, 15) is 0 Å². The minimum absolute atomic E-state index is 0.0695. The van der Waals surface area contributed by atoms with Gasteiger partial charge in [-0.15, -0.1) is 0 Å². The van der Waals surface area contributed by atoms with Crippen LogP contribution in [0.1, 0.15) is 32.1 Å². The predicted octanol–water partition coefficient (Wildman–Crippen LogP) is 1.49. The highest BCUT2D eigenvalue weighted by Gasteiger charge is 2.50. The Morgan fingerprint density at radius 1 is 1.12 bits per heavy atom. The van der Waals surface area contributed by atoms with Crippen molar-refractivity contribution in [2.24, 2.45) is 29.4 Å². The Morgan fingerprint density at radius 3 is 2.00 bits per heavy atom. The number of hydrogen-bond acceptors (Lipinski definition) is 2. The third-order valence-electron chi connectivity index (χ3n) is 4.84. The summed E-state index contributed by atoms with van der Waals surface area (Å²) in [4.78, 5) is 1.47. The van der Waals surface area contributed by atoms with E-state index in [4.69, 9.17) is 16.4 Å². The van der Waals surface area contributed by atoms with Crippen LogP contribution in [0.15, 0.2) is 0 Å². The summed E-state index contributed by atoms with van der Waals surface area (Å²) in [5.74, 6) is 2.94. The van der Waals surface area contributed by atoms with Crippen molar-refractivity contribution in [3.05, 3.63) is 0 Å². The maximum atomic E-state index is 9.14. The van der Waals surface area contributed by atoms with E-state index in [2.05, 4.69) is 6.19 Å². The zero-order chi connectivity index (χ0) is 11.3. The maximum Gasteiger partial charge on any atom is 0.202 e. The van der Waals surface area contributed by atoms with Crippen molar-refractivity contribution in [2.45, 2.75) is 38.1 Å². The minimum Gasteiger partial charge on any atom is -0.369 e. The molecule has 4 aliphatic rings. The highest BCUT2D eigenvalue weighted by Crippen LogP contribution is 2.54. The molecule has 4 bridgehead atoms. The van der Waals surface area contributed by atoms with Crippen molar-refractivity contribution >= 4 is 5.96 Å². The number of rotatable bonds is 1. The molecular weight excluding hydrogens is 200 g/mol. The maximum absolute atomic E-state index is 9.14. The van der Waals surface area contributed by atoms with Gasteiger partial charge in [-0.2, -0.15) is 5.26 Å². The lowest BCUT2D eigenvalue weighted by Crippen LogP contribution is -2.57. The third kappa shape index (κ3) is 1.31. The number of nitrogens with one attached hydrogen (secondary N) is 1. The van der Waals surface area contributed by atoms with E-state index in [1.54, 1.807) is 0 Å². The predicted molar refractivity (Wildman–Crippen MR) is 60.2 cm³/mol. The second-order valence-corrected chi connectivity index (χ2v) is 5.78. The average Bonchev–Trinajstić information content (AvgIpc) is 2.21. The van der Waals surface area contributed by atoms with E-state index in [1.807, 2.05) is 0 Å². The lowest BCUT2D eigenvalue weighted by atomic mass is 9.54. The third-order valence-corrected chi connectivity index (χ3v) is 4.84. The zero-order valence-electron chi connectivity index (χ0n) is 9.39. The van der Waals surface area contributed by atoms with Crippen molar-refractivity contribution in [1.29, 1.82) is 10.7 Å². The molecule has 0 atom stereocenters. The van der Waals surface area contributed by atoms with Crippen LogP contribution in [0.3, 0.4) is 0 Å². The molecule has 4 saturated carbocycles. The fourth-order valence-corrected chi connectivity index (χ4v) is 4.60. The zero-order valence-corrected chi connectivity index (χ0v) is 9.39. The molecule has 16 heavy (non-hydrogen) atoms. The lowest BCUT2D eigenvalue weighted by molar-refractivity contribution is -0.0328. The standard InChI is InChI=1S/C12H18N4/c13-6-16(12(14)15)11-9-2-7-1-8(4-9)5-10(11)3-7/h7-11H,1-5H2,(H3,14,15). The Labute approximate surface area is 95.9 Å². The summed E-state index contributed by atoms with van der Waals surface area (Å²) in [6.07, 6.45) is 8.53.